The number of fused-ring (bicyclic) bond motifs is 1. The lowest BCUT2D eigenvalue weighted by atomic mass is 10.1. The molecule has 40 heavy (non-hydrogen) atoms. The third-order valence-electron chi connectivity index (χ3n) is 6.13. The fourth-order valence-corrected chi connectivity index (χ4v) is 4.15. The maximum absolute atomic E-state index is 13.9. The van der Waals surface area contributed by atoms with Crippen LogP contribution in [0, 0.1) is 0 Å². The number of rotatable bonds is 7. The molecule has 0 saturated heterocycles. The Kier molecular flexibility index (Phi) is 7.54. The Morgan fingerprint density at radius 1 is 0.900 bits per heavy atom. The summed E-state index contributed by atoms with van der Waals surface area (Å²) in [6.45, 7) is -0.392. The fourth-order valence-electron chi connectivity index (χ4n) is 4.15. The molecule has 0 fully saturated rings. The number of nitrogens with zero attached hydrogens (tertiary/aromatic N) is 5. The van der Waals surface area contributed by atoms with Crippen molar-refractivity contribution in [2.45, 2.75) is 6.54 Å². The molecule has 0 radical (unpaired) electrons. The Bertz CT molecular complexity index is 1520. The zero-order chi connectivity index (χ0) is 28.1. The number of aromatic nitrogens is 2. The number of anilines is 5. The molecule has 0 saturated carbocycles. The van der Waals surface area contributed by atoms with Crippen LogP contribution >= 0.6 is 0 Å². The van der Waals surface area contributed by atoms with E-state index in [-0.39, 0.29) is 18.5 Å². The van der Waals surface area contributed by atoms with Gasteiger partial charge in [0.15, 0.2) is 12.4 Å². The van der Waals surface area contributed by atoms with E-state index in [1.54, 1.807) is 84.9 Å². The first-order valence-corrected chi connectivity index (χ1v) is 12.3. The molecule has 0 aliphatic carbocycles. The van der Waals surface area contributed by atoms with Crippen molar-refractivity contribution in [3.63, 3.8) is 0 Å². The summed E-state index contributed by atoms with van der Waals surface area (Å²) in [5.41, 5.74) is 2.31. The molecular weight excluding hydrogens is 514 g/mol. The summed E-state index contributed by atoms with van der Waals surface area (Å²) < 4.78 is 15.0. The molecule has 0 bridgehead atoms. The number of methoxy groups -OCH3 is 2. The SMILES string of the molecule is COC(=O)COC(=O)N(c1ccccc1)c1ncc2c(n1)N(c1ccccc1)C(=O)N(c1ccc(OC)cc1)C2. The monoisotopic (exact) mass is 539 g/mol. The highest BCUT2D eigenvalue weighted by molar-refractivity contribution is 6.10. The second-order valence-electron chi connectivity index (χ2n) is 8.56. The van der Waals surface area contributed by atoms with Crippen LogP contribution in [0.5, 0.6) is 5.75 Å². The van der Waals surface area contributed by atoms with Gasteiger partial charge in [0.25, 0.3) is 0 Å². The van der Waals surface area contributed by atoms with Gasteiger partial charge in [-0.2, -0.15) is 4.98 Å². The molecule has 11 heteroatoms. The third kappa shape index (κ3) is 5.25. The molecule has 0 unspecified atom stereocenters. The molecule has 1 aliphatic heterocycles. The van der Waals surface area contributed by atoms with Gasteiger partial charge in [-0.25, -0.2) is 29.2 Å². The van der Waals surface area contributed by atoms with Gasteiger partial charge in [-0.15, -0.1) is 0 Å². The van der Waals surface area contributed by atoms with Crippen LogP contribution in [-0.2, 0) is 20.8 Å². The first kappa shape index (κ1) is 26.2. The van der Waals surface area contributed by atoms with Gasteiger partial charge in [0, 0.05) is 17.4 Å². The van der Waals surface area contributed by atoms with Gasteiger partial charge < -0.3 is 14.2 Å². The molecule has 0 N–H and O–H groups in total. The van der Waals surface area contributed by atoms with E-state index in [0.717, 1.165) is 4.90 Å². The van der Waals surface area contributed by atoms with Crippen LogP contribution < -0.4 is 19.4 Å². The summed E-state index contributed by atoms with van der Waals surface area (Å²) in [6.07, 6.45) is 0.685. The standard InChI is InChI=1S/C29H25N5O6/c1-38-24-15-13-21(14-16-24)32-18-20-17-30-27(31-26(20)33(28(32)36)22-9-5-3-6-10-22)34(23-11-7-4-8-12-23)29(37)40-19-25(35)39-2/h3-17H,18-19H2,1-2H3. The maximum atomic E-state index is 13.9. The molecule has 5 rings (SSSR count). The summed E-state index contributed by atoms with van der Waals surface area (Å²) >= 11 is 0. The quantitative estimate of drug-likeness (QED) is 0.294. The molecule has 1 aliphatic rings. The number of benzene rings is 3. The van der Waals surface area contributed by atoms with E-state index in [1.807, 2.05) is 18.2 Å². The minimum atomic E-state index is -0.884. The largest absolute Gasteiger partial charge is 0.497 e. The predicted octanol–water partition coefficient (Wildman–Crippen LogP) is 5.21. The summed E-state index contributed by atoms with van der Waals surface area (Å²) in [4.78, 5) is 52.1. The van der Waals surface area contributed by atoms with Crippen molar-refractivity contribution < 1.29 is 28.6 Å². The number of carbonyl (C=O) groups is 3. The van der Waals surface area contributed by atoms with E-state index in [0.29, 0.717) is 34.2 Å². The lowest BCUT2D eigenvalue weighted by Crippen LogP contribution is -2.45. The number of hydrogen-bond acceptors (Lipinski definition) is 8. The Morgan fingerprint density at radius 2 is 1.57 bits per heavy atom. The third-order valence-corrected chi connectivity index (χ3v) is 6.13. The highest BCUT2D eigenvalue weighted by atomic mass is 16.6. The molecule has 4 aromatic rings. The smallest absolute Gasteiger partial charge is 0.421 e. The van der Waals surface area contributed by atoms with E-state index in [2.05, 4.69) is 14.7 Å². The van der Waals surface area contributed by atoms with Crippen LogP contribution in [0.15, 0.2) is 91.1 Å². The van der Waals surface area contributed by atoms with Crippen molar-refractivity contribution in [2.75, 3.05) is 35.5 Å². The summed E-state index contributed by atoms with van der Waals surface area (Å²) in [7, 11) is 2.77. The number of para-hydroxylation sites is 2. The molecule has 1 aromatic heterocycles. The van der Waals surface area contributed by atoms with E-state index < -0.39 is 18.7 Å². The van der Waals surface area contributed by atoms with Crippen LogP contribution in [0.1, 0.15) is 5.56 Å². The van der Waals surface area contributed by atoms with Gasteiger partial charge in [0.05, 0.1) is 32.1 Å². The molecule has 202 valence electrons. The molecular formula is C29H25N5O6. The van der Waals surface area contributed by atoms with Crippen LogP contribution in [0.3, 0.4) is 0 Å². The predicted molar refractivity (Wildman–Crippen MR) is 147 cm³/mol. The Hall–Kier alpha value is -5.45. The molecule has 11 nitrogen and oxygen atoms in total. The minimum Gasteiger partial charge on any atom is -0.497 e. The van der Waals surface area contributed by atoms with E-state index in [1.165, 1.54) is 12.0 Å². The molecule has 3 amide bonds. The Balaban J connectivity index is 1.58. The summed E-state index contributed by atoms with van der Waals surface area (Å²) in [5.74, 6) is 0.230. The summed E-state index contributed by atoms with van der Waals surface area (Å²) in [6, 6.07) is 24.5. The van der Waals surface area contributed by atoms with E-state index >= 15 is 0 Å². The van der Waals surface area contributed by atoms with E-state index in [9.17, 15) is 14.4 Å². The van der Waals surface area contributed by atoms with Gasteiger partial charge in [0.1, 0.15) is 5.75 Å². The zero-order valence-electron chi connectivity index (χ0n) is 21.8. The number of carbonyl (C=O) groups excluding carboxylic acids is 3. The van der Waals surface area contributed by atoms with Crippen molar-refractivity contribution in [1.29, 1.82) is 0 Å². The average molecular weight is 540 g/mol. The summed E-state index contributed by atoms with van der Waals surface area (Å²) in [5, 5.41) is 0. The van der Waals surface area contributed by atoms with Crippen molar-refractivity contribution in [1.82, 2.24) is 9.97 Å². The van der Waals surface area contributed by atoms with Crippen molar-refractivity contribution in [2.24, 2.45) is 0 Å². The Morgan fingerprint density at radius 3 is 2.23 bits per heavy atom. The van der Waals surface area contributed by atoms with Crippen LogP contribution in [-0.4, -0.2) is 48.9 Å². The van der Waals surface area contributed by atoms with Crippen molar-refractivity contribution in [3.8, 4) is 5.75 Å². The van der Waals surface area contributed by atoms with Gasteiger partial charge in [-0.05, 0) is 48.5 Å². The lowest BCUT2D eigenvalue weighted by Gasteiger charge is -2.36. The van der Waals surface area contributed by atoms with Gasteiger partial charge in [-0.3, -0.25) is 4.90 Å². The van der Waals surface area contributed by atoms with Crippen LogP contribution in [0.25, 0.3) is 0 Å². The molecule has 3 aromatic carbocycles. The van der Waals surface area contributed by atoms with Crippen LogP contribution in [0.4, 0.5) is 38.4 Å². The second kappa shape index (κ2) is 11.5. The lowest BCUT2D eigenvalue weighted by molar-refractivity contribution is -0.143. The first-order chi connectivity index (χ1) is 19.5. The average Bonchev–Trinajstić information content (AvgIpc) is 3.00. The van der Waals surface area contributed by atoms with Gasteiger partial charge in [-0.1, -0.05) is 36.4 Å². The second-order valence-corrected chi connectivity index (χ2v) is 8.56. The van der Waals surface area contributed by atoms with Crippen LogP contribution in [0.2, 0.25) is 0 Å². The van der Waals surface area contributed by atoms with Gasteiger partial charge in [0.2, 0.25) is 5.95 Å². The normalized spacial score (nSPS) is 12.4. The molecule has 0 atom stereocenters. The number of urea groups is 1. The zero-order valence-corrected chi connectivity index (χ0v) is 21.8. The highest BCUT2D eigenvalue weighted by Crippen LogP contribution is 2.37. The fraction of sp³-hybridized carbons (Fsp3) is 0.138. The number of amides is 3. The number of ether oxygens (including phenoxy) is 3. The maximum Gasteiger partial charge on any atom is 0.421 e. The minimum absolute atomic E-state index is 0.0357. The van der Waals surface area contributed by atoms with Crippen molar-refractivity contribution >= 4 is 46.9 Å². The topological polar surface area (TPSA) is 114 Å². The first-order valence-electron chi connectivity index (χ1n) is 12.3. The Labute approximate surface area is 230 Å². The van der Waals surface area contributed by atoms with Crippen molar-refractivity contribution in [3.05, 3.63) is 96.7 Å². The molecule has 0 spiro atoms. The highest BCUT2D eigenvalue weighted by Gasteiger charge is 2.35. The number of hydrogen-bond donors (Lipinski definition) is 0. The molecule has 2 heterocycles. The van der Waals surface area contributed by atoms with Gasteiger partial charge >= 0.3 is 18.1 Å². The van der Waals surface area contributed by atoms with E-state index in [4.69, 9.17) is 9.47 Å². The number of esters is 1.